The van der Waals surface area contributed by atoms with Crippen LogP contribution in [-0.4, -0.2) is 32.5 Å². The zero-order valence-corrected chi connectivity index (χ0v) is 19.1. The number of furan rings is 1. The molecule has 0 saturated carbocycles. The summed E-state index contributed by atoms with van der Waals surface area (Å²) in [6, 6.07) is 15.1. The average Bonchev–Trinajstić information content (AvgIpc) is 3.33. The van der Waals surface area contributed by atoms with Crippen LogP contribution in [0, 0.1) is 6.92 Å². The molecule has 2 heterocycles. The molecule has 0 radical (unpaired) electrons. The van der Waals surface area contributed by atoms with Crippen LogP contribution in [0.15, 0.2) is 87.9 Å². The topological polar surface area (TPSA) is 118 Å². The van der Waals surface area contributed by atoms with Crippen LogP contribution in [-0.2, 0) is 14.8 Å². The lowest BCUT2D eigenvalue weighted by Crippen LogP contribution is -2.52. The van der Waals surface area contributed by atoms with E-state index in [2.05, 4.69) is 5.43 Å². The summed E-state index contributed by atoms with van der Waals surface area (Å²) >= 11 is 0. The maximum absolute atomic E-state index is 13.0. The molecule has 9 nitrogen and oxygen atoms in total. The smallest absolute Gasteiger partial charge is 0.354 e. The molecular weight excluding hydrogens is 458 g/mol. The van der Waals surface area contributed by atoms with Crippen LogP contribution in [0.25, 0.3) is 11.8 Å². The van der Waals surface area contributed by atoms with E-state index in [0.29, 0.717) is 17.1 Å². The van der Waals surface area contributed by atoms with Gasteiger partial charge in [-0.05, 0) is 67.6 Å². The minimum Gasteiger partial charge on any atom is -0.497 e. The third kappa shape index (κ3) is 4.86. The maximum Gasteiger partial charge on any atom is 0.354 e. The Kier molecular flexibility index (Phi) is 6.24. The van der Waals surface area contributed by atoms with E-state index in [1.807, 2.05) is 11.6 Å². The first kappa shape index (κ1) is 22.9. The number of urea groups is 1. The highest BCUT2D eigenvalue weighted by atomic mass is 32.2. The van der Waals surface area contributed by atoms with Gasteiger partial charge in [0, 0.05) is 11.1 Å². The van der Waals surface area contributed by atoms with E-state index in [-0.39, 0.29) is 16.2 Å². The van der Waals surface area contributed by atoms with Gasteiger partial charge in [0.1, 0.15) is 11.5 Å². The molecule has 3 amide bonds. The van der Waals surface area contributed by atoms with Gasteiger partial charge in [-0.3, -0.25) is 10.2 Å². The van der Waals surface area contributed by atoms with Crippen LogP contribution in [0.3, 0.4) is 0 Å². The third-order valence-corrected chi connectivity index (χ3v) is 6.33. The molecule has 174 valence electrons. The van der Waals surface area contributed by atoms with Gasteiger partial charge < -0.3 is 9.15 Å². The molecular formula is C24H21N3O6S. The first-order chi connectivity index (χ1) is 16.3. The monoisotopic (exact) mass is 479 g/mol. The van der Waals surface area contributed by atoms with E-state index in [4.69, 9.17) is 9.15 Å². The van der Waals surface area contributed by atoms with E-state index in [1.54, 1.807) is 48.5 Å². The van der Waals surface area contributed by atoms with Gasteiger partial charge >= 0.3 is 6.03 Å². The number of methoxy groups -OCH3 is 1. The second-order valence-electron chi connectivity index (χ2n) is 7.37. The van der Waals surface area contributed by atoms with Crippen molar-refractivity contribution in [1.29, 1.82) is 0 Å². The number of aryl methyl sites for hydroxylation is 1. The summed E-state index contributed by atoms with van der Waals surface area (Å²) in [7, 11) is -2.66. The number of nitrogens with zero attached hydrogens (tertiary/aromatic N) is 1. The minimum absolute atomic E-state index is 0.0804. The number of benzene rings is 2. The molecule has 0 unspecified atom stereocenters. The fourth-order valence-electron chi connectivity index (χ4n) is 3.21. The summed E-state index contributed by atoms with van der Waals surface area (Å²) in [5, 5.41) is 0.857. The van der Waals surface area contributed by atoms with Gasteiger partial charge in [0.2, 0.25) is 0 Å². The highest BCUT2D eigenvalue weighted by Crippen LogP contribution is 2.27. The molecule has 2 aromatic carbocycles. The van der Waals surface area contributed by atoms with Gasteiger partial charge in [-0.25, -0.2) is 22.9 Å². The predicted molar refractivity (Wildman–Crippen MR) is 125 cm³/mol. The summed E-state index contributed by atoms with van der Waals surface area (Å²) in [4.78, 5) is 25.7. The summed E-state index contributed by atoms with van der Waals surface area (Å²) < 4.78 is 38.0. The molecule has 4 rings (SSSR count). The number of hydrogen-bond donors (Lipinski definition) is 2. The molecule has 34 heavy (non-hydrogen) atoms. The number of hydrogen-bond acceptors (Lipinski definition) is 6. The zero-order valence-electron chi connectivity index (χ0n) is 18.3. The molecule has 1 aliphatic rings. The Balaban J connectivity index is 1.71. The highest BCUT2D eigenvalue weighted by Gasteiger charge is 2.31. The van der Waals surface area contributed by atoms with E-state index in [9.17, 15) is 18.0 Å². The summed E-state index contributed by atoms with van der Waals surface area (Å²) in [6.07, 6.45) is 4.45. The van der Waals surface area contributed by atoms with E-state index in [1.165, 1.54) is 37.7 Å². The summed E-state index contributed by atoms with van der Waals surface area (Å²) in [5.74, 6) is 0.417. The van der Waals surface area contributed by atoms with Gasteiger partial charge in [-0.2, -0.15) is 0 Å². The van der Waals surface area contributed by atoms with E-state index >= 15 is 0 Å². The third-order valence-electron chi connectivity index (χ3n) is 4.99. The van der Waals surface area contributed by atoms with Crippen molar-refractivity contribution in [3.05, 3.63) is 95.5 Å². The summed E-state index contributed by atoms with van der Waals surface area (Å²) in [5.41, 5.74) is 4.31. The van der Waals surface area contributed by atoms with Gasteiger partial charge in [-0.15, -0.1) is 0 Å². The molecule has 0 aliphatic carbocycles. The molecule has 0 fully saturated rings. The molecule has 0 spiro atoms. The van der Waals surface area contributed by atoms with E-state index < -0.39 is 22.0 Å². The number of nitrogens with one attached hydrogen (secondary N) is 2. The second-order valence-corrected chi connectivity index (χ2v) is 9.06. The highest BCUT2D eigenvalue weighted by molar-refractivity contribution is 7.90. The number of rotatable bonds is 5. The Hall–Kier alpha value is -4.31. The number of sulfonamides is 1. The molecule has 1 aliphatic heterocycles. The number of ether oxygens (including phenoxy) is 1. The van der Waals surface area contributed by atoms with Crippen LogP contribution >= 0.6 is 0 Å². The van der Waals surface area contributed by atoms with Crippen molar-refractivity contribution in [3.8, 4) is 5.75 Å². The normalized spacial score (nSPS) is 15.0. The Bertz CT molecular complexity index is 1370. The van der Waals surface area contributed by atoms with Crippen molar-refractivity contribution in [2.75, 3.05) is 7.11 Å². The molecule has 10 heteroatoms. The first-order valence-electron chi connectivity index (χ1n) is 10.1. The fraction of sp³-hybridized carbons (Fsp3) is 0.0833. The van der Waals surface area contributed by atoms with Gasteiger partial charge in [0.25, 0.3) is 15.9 Å². The maximum atomic E-state index is 13.0. The number of carbonyl (C=O) groups excluding carboxylic acids is 2. The molecule has 3 aromatic rings. The Morgan fingerprint density at radius 1 is 1.09 bits per heavy atom. The van der Waals surface area contributed by atoms with Crippen LogP contribution < -0.4 is 14.9 Å². The lowest BCUT2D eigenvalue weighted by Gasteiger charge is -2.30. The van der Waals surface area contributed by atoms with Crippen LogP contribution in [0.5, 0.6) is 5.75 Å². The van der Waals surface area contributed by atoms with Crippen molar-refractivity contribution < 1.29 is 27.2 Å². The molecule has 2 N–H and O–H groups in total. The van der Waals surface area contributed by atoms with Crippen molar-refractivity contribution in [2.45, 2.75) is 11.8 Å². The van der Waals surface area contributed by atoms with Crippen LogP contribution in [0.1, 0.15) is 16.9 Å². The van der Waals surface area contributed by atoms with Crippen LogP contribution in [0.2, 0.25) is 0 Å². The molecule has 0 bridgehead atoms. The predicted octanol–water partition coefficient (Wildman–Crippen LogP) is 3.47. The Labute approximate surface area is 196 Å². The van der Waals surface area contributed by atoms with Crippen molar-refractivity contribution >= 4 is 33.7 Å². The van der Waals surface area contributed by atoms with Gasteiger partial charge in [0.05, 0.1) is 24.0 Å². The van der Waals surface area contributed by atoms with Gasteiger partial charge in [-0.1, -0.05) is 17.7 Å². The van der Waals surface area contributed by atoms with Crippen LogP contribution in [0.4, 0.5) is 4.79 Å². The molecule has 1 aromatic heterocycles. The summed E-state index contributed by atoms with van der Waals surface area (Å²) in [6.45, 7) is 1.82. The quantitative estimate of drug-likeness (QED) is 0.541. The molecule has 0 saturated heterocycles. The van der Waals surface area contributed by atoms with Gasteiger partial charge in [0.15, 0.2) is 0 Å². The van der Waals surface area contributed by atoms with Crippen molar-refractivity contribution in [1.82, 2.24) is 15.2 Å². The fourth-order valence-corrected chi connectivity index (χ4v) is 4.14. The number of hydrazine groups is 1. The second kappa shape index (κ2) is 9.28. The number of carbonyl (C=O) groups is 2. The lowest BCUT2D eigenvalue weighted by atomic mass is 10.1. The SMILES string of the molecule is COc1ccc(C2=C/C(=C\c3ccco3)C(=O)NN2C(=O)NS(=O)(=O)c2ccc(C)cc2)cc1. The average molecular weight is 480 g/mol. The minimum atomic E-state index is -4.18. The number of amides is 3. The largest absolute Gasteiger partial charge is 0.497 e. The first-order valence-corrected chi connectivity index (χ1v) is 11.6. The van der Waals surface area contributed by atoms with E-state index in [0.717, 1.165) is 10.6 Å². The Morgan fingerprint density at radius 3 is 2.41 bits per heavy atom. The van der Waals surface area contributed by atoms with Crippen molar-refractivity contribution in [2.24, 2.45) is 0 Å². The zero-order chi connectivity index (χ0) is 24.3. The van der Waals surface area contributed by atoms with Crippen molar-refractivity contribution in [3.63, 3.8) is 0 Å². The molecule has 0 atom stereocenters. The lowest BCUT2D eigenvalue weighted by molar-refractivity contribution is -0.120. The standard InChI is InChI=1S/C24H21N3O6S/c1-16-5-11-21(12-6-16)34(30,31)26-24(29)27-22(17-7-9-19(32-2)10-8-17)15-18(23(28)25-27)14-20-4-3-13-33-20/h3-15H,1-2H3,(H,25,28)(H,26,29)/b18-14+. The Morgan fingerprint density at radius 2 is 1.79 bits per heavy atom.